The molecule has 14 heteroatoms. The summed E-state index contributed by atoms with van der Waals surface area (Å²) in [6, 6.07) is 0. The number of rotatable bonds is 8. The first-order chi connectivity index (χ1) is 10.2. The van der Waals surface area contributed by atoms with Crippen LogP contribution in [0.1, 0.15) is 0 Å². The number of carboxylic acid groups (broad SMARTS) is 2. The molecule has 0 rings (SSSR count). The van der Waals surface area contributed by atoms with Crippen LogP contribution in [0.4, 0.5) is 0 Å². The van der Waals surface area contributed by atoms with Gasteiger partial charge in [-0.05, 0) is 13.1 Å². The van der Waals surface area contributed by atoms with E-state index in [1.54, 1.807) is 0 Å². The average molecular weight is 475 g/mol. The molecule has 0 aromatic carbocycles. The molecule has 2 N–H and O–H groups in total. The number of hydrogen-bond acceptors (Lipinski definition) is 4. The van der Waals surface area contributed by atoms with Crippen LogP contribution in [0.15, 0.2) is 0 Å². The second-order valence-corrected chi connectivity index (χ2v) is 4.33. The zero-order valence-electron chi connectivity index (χ0n) is 11.6. The van der Waals surface area contributed by atoms with Crippen LogP contribution in [0.2, 0.25) is 0 Å². The van der Waals surface area contributed by atoms with Crippen LogP contribution in [-0.2, 0) is 77.8 Å². The monoisotopic (exact) mass is 474 g/mol. The summed E-state index contributed by atoms with van der Waals surface area (Å²) in [7, 11) is 0. The number of carboxylic acids is 2. The van der Waals surface area contributed by atoms with Crippen LogP contribution < -0.4 is 0 Å². The quantitative estimate of drug-likeness (QED) is 0.188. The van der Waals surface area contributed by atoms with Crippen molar-refractivity contribution in [1.82, 2.24) is 0 Å². The Kier molecular flexibility index (Phi) is 18.0. The van der Waals surface area contributed by atoms with E-state index in [-0.39, 0.29) is 44.1 Å². The van der Waals surface area contributed by atoms with Gasteiger partial charge in [0, 0.05) is 11.8 Å². The maximum atomic E-state index is 11.1. The number of carbonyl (C=O) groups is 4. The van der Waals surface area contributed by atoms with Crippen molar-refractivity contribution < 1.29 is 63.5 Å². The first-order valence-corrected chi connectivity index (χ1v) is 6.43. The van der Waals surface area contributed by atoms with E-state index in [0.29, 0.717) is 0 Å². The minimum Gasteiger partial charge on any atom is -0.646 e. The van der Waals surface area contributed by atoms with E-state index in [4.69, 9.17) is 10.2 Å². The largest absolute Gasteiger partial charge is 2.00 e. The van der Waals surface area contributed by atoms with Gasteiger partial charge in [0.2, 0.25) is 0 Å². The van der Waals surface area contributed by atoms with Crippen molar-refractivity contribution in [2.75, 3.05) is 26.2 Å². The van der Waals surface area contributed by atoms with Crippen LogP contribution in [-0.4, -0.2) is 70.1 Å². The number of nitrogens with zero attached hydrogens (tertiary/aromatic N) is 4. The standard InChI is InChI=1S/C10H14N4O6S2.2Cu/c15-5(11-3-7(17)18)1-13-9(21)10(22)14-2-6(16)12-4-8(19)20;;/h1-4H2,(H6,11,12,13,14,15,16,17,18,19,20,21,22);;/q;2*+2/p-2. The summed E-state index contributed by atoms with van der Waals surface area (Å²) in [5, 5.41) is 30.4. The van der Waals surface area contributed by atoms with Gasteiger partial charge >= 0.3 is 34.1 Å². The normalized spacial score (nSPS) is 8.83. The van der Waals surface area contributed by atoms with E-state index in [1.165, 1.54) is 0 Å². The molecular weight excluding hydrogens is 463 g/mol. The van der Waals surface area contributed by atoms with Crippen molar-refractivity contribution >= 4 is 58.2 Å². The molecule has 0 aliphatic rings. The Hall–Kier alpha value is -0.981. The van der Waals surface area contributed by atoms with Crippen LogP contribution in [0.25, 0.3) is 21.3 Å². The topological polar surface area (TPSA) is 165 Å². The van der Waals surface area contributed by atoms with Crippen molar-refractivity contribution in [2.45, 2.75) is 0 Å². The Balaban J connectivity index is -0.00000220. The van der Waals surface area contributed by atoms with Crippen LogP contribution in [0.5, 0.6) is 0 Å². The number of aliphatic carboxylic acids is 2. The summed E-state index contributed by atoms with van der Waals surface area (Å²) in [4.78, 5) is 42.5. The number of thiol groups is 2. The molecule has 2 amide bonds. The van der Waals surface area contributed by atoms with Gasteiger partial charge in [-0.2, -0.15) is 0 Å². The maximum Gasteiger partial charge on any atom is 2.00 e. The fourth-order valence-electron chi connectivity index (χ4n) is 0.838. The minimum absolute atomic E-state index is 0. The molecule has 0 aromatic rings. The predicted molar refractivity (Wildman–Crippen MR) is 85.7 cm³/mol. The van der Waals surface area contributed by atoms with E-state index < -0.39 is 49.9 Å². The van der Waals surface area contributed by atoms with Gasteiger partial charge in [-0.3, -0.25) is 9.59 Å². The van der Waals surface area contributed by atoms with Crippen LogP contribution in [0, 0.1) is 0 Å². The predicted octanol–water partition coefficient (Wildman–Crippen LogP) is -1.48. The van der Waals surface area contributed by atoms with E-state index in [9.17, 15) is 19.2 Å². The van der Waals surface area contributed by atoms with Crippen molar-refractivity contribution in [2.24, 2.45) is 0 Å². The summed E-state index contributed by atoms with van der Waals surface area (Å²) in [5.41, 5.74) is 0. The van der Waals surface area contributed by atoms with Crippen molar-refractivity contribution in [1.29, 1.82) is 0 Å². The third-order valence-electron chi connectivity index (χ3n) is 1.71. The Bertz CT molecular complexity index is 462. The van der Waals surface area contributed by atoms with Gasteiger partial charge in [-0.1, -0.05) is 13.1 Å². The number of carbonyl (C=O) groups excluding carboxylic acids is 2. The molecule has 140 valence electrons. The van der Waals surface area contributed by atoms with E-state index in [2.05, 4.69) is 45.7 Å². The van der Waals surface area contributed by atoms with E-state index in [0.717, 1.165) is 0 Å². The molecule has 0 atom stereocenters. The first-order valence-electron chi connectivity index (χ1n) is 5.53. The fraction of sp³-hybridized carbons (Fsp3) is 0.400. The van der Waals surface area contributed by atoms with Crippen molar-refractivity contribution in [3.05, 3.63) is 21.3 Å². The molecule has 2 radical (unpaired) electrons. The molecule has 0 bridgehead atoms. The summed E-state index contributed by atoms with van der Waals surface area (Å²) < 4.78 is 0. The molecule has 0 aliphatic carbocycles. The first kappa shape index (κ1) is 27.8. The summed E-state index contributed by atoms with van der Waals surface area (Å²) in [6.45, 7) is -2.19. The van der Waals surface area contributed by atoms with E-state index in [1.807, 2.05) is 0 Å². The smallest absolute Gasteiger partial charge is 0.646 e. The molecule has 0 heterocycles. The Labute approximate surface area is 168 Å². The van der Waals surface area contributed by atoms with Gasteiger partial charge in [0.05, 0.1) is 0 Å². The van der Waals surface area contributed by atoms with Gasteiger partial charge in [0.1, 0.15) is 34.4 Å². The third-order valence-corrected chi connectivity index (χ3v) is 2.59. The zero-order chi connectivity index (χ0) is 17.1. The molecule has 0 aromatic heterocycles. The zero-order valence-corrected chi connectivity index (χ0v) is 15.3. The van der Waals surface area contributed by atoms with Crippen molar-refractivity contribution in [3.8, 4) is 0 Å². The molecule has 0 saturated carbocycles. The molecule has 0 fully saturated rings. The molecule has 0 spiro atoms. The van der Waals surface area contributed by atoms with Gasteiger partial charge in [0.25, 0.3) is 11.9 Å². The average Bonchev–Trinajstić information content (AvgIpc) is 2.45. The number of amides is 2. The summed E-state index contributed by atoms with van der Waals surface area (Å²) in [6.07, 6.45) is 0. The SMILES string of the molecule is O=C(O)C[N-]C(=O)C[N-]C(=[SH+])C(=[SH+])[N-]CC(=O)[N-]CC(=O)O.[Cu+2].[Cu+2]. The minimum atomic E-state index is -1.25. The molecule has 10 nitrogen and oxygen atoms in total. The van der Waals surface area contributed by atoms with Gasteiger partial charge < -0.3 is 41.1 Å². The van der Waals surface area contributed by atoms with Crippen molar-refractivity contribution in [3.63, 3.8) is 0 Å². The Morgan fingerprint density at radius 1 is 0.625 bits per heavy atom. The third kappa shape index (κ3) is 15.9. The molecule has 0 unspecified atom stereocenters. The Morgan fingerprint density at radius 3 is 1.17 bits per heavy atom. The molecular formula is C10H12Cu2N4O6S2+2. The van der Waals surface area contributed by atoms with Gasteiger partial charge in [0.15, 0.2) is 0 Å². The van der Waals surface area contributed by atoms with Gasteiger partial charge in [-0.25, -0.2) is 0 Å². The fourth-order valence-corrected chi connectivity index (χ4v) is 1.12. The van der Waals surface area contributed by atoms with E-state index >= 15 is 0 Å². The summed E-state index contributed by atoms with van der Waals surface area (Å²) >= 11 is 7.78. The maximum absolute atomic E-state index is 11.1. The molecule has 0 saturated heterocycles. The van der Waals surface area contributed by atoms with Gasteiger partial charge in [-0.15, -0.1) is 0 Å². The molecule has 0 aliphatic heterocycles. The Morgan fingerprint density at radius 2 is 0.917 bits per heavy atom. The second kappa shape index (κ2) is 15.5. The number of hydrogen-bond donors (Lipinski definition) is 2. The second-order valence-electron chi connectivity index (χ2n) is 3.49. The summed E-state index contributed by atoms with van der Waals surface area (Å²) in [5.74, 6) is -4.02. The van der Waals surface area contributed by atoms with Crippen LogP contribution in [0.3, 0.4) is 0 Å². The van der Waals surface area contributed by atoms with Crippen LogP contribution >= 0.6 is 0 Å². The molecule has 24 heavy (non-hydrogen) atoms.